The molecular formula is C9H20BrNO2S. The molecule has 0 aliphatic carbocycles. The van der Waals surface area contributed by atoms with Gasteiger partial charge in [0, 0.05) is 6.42 Å². The lowest BCUT2D eigenvalue weighted by Gasteiger charge is -2.22. The molecule has 3 nitrogen and oxygen atoms in total. The van der Waals surface area contributed by atoms with Crippen LogP contribution in [0.3, 0.4) is 0 Å². The first-order valence-corrected chi connectivity index (χ1v) is 5.32. The Hall–Kier alpha value is 0.420. The molecule has 0 unspecified atom stereocenters. The maximum absolute atomic E-state index is 11.0. The minimum atomic E-state index is 0. The predicted molar refractivity (Wildman–Crippen MR) is 56.4 cm³/mol. The highest BCUT2D eigenvalue weighted by atomic mass is 79.9. The molecule has 0 saturated heterocycles. The van der Waals surface area contributed by atoms with Crippen LogP contribution in [0.4, 0.5) is 0 Å². The number of halogens is 1. The fraction of sp³-hybridized carbons (Fsp3) is 0.889. The fourth-order valence-corrected chi connectivity index (χ4v) is 1.24. The van der Waals surface area contributed by atoms with E-state index in [0.29, 0.717) is 13.0 Å². The van der Waals surface area contributed by atoms with Crippen molar-refractivity contribution in [1.29, 1.82) is 0 Å². The minimum absolute atomic E-state index is 0. The SMILES string of the molecule is CCCC(=O)SOCC[N+](C)(C)C.[Br-]. The molecule has 0 heterocycles. The van der Waals surface area contributed by atoms with Crippen molar-refractivity contribution in [2.45, 2.75) is 19.8 Å². The minimum Gasteiger partial charge on any atom is -1.00 e. The Balaban J connectivity index is 0. The van der Waals surface area contributed by atoms with E-state index in [-0.39, 0.29) is 22.1 Å². The molecule has 14 heavy (non-hydrogen) atoms. The maximum atomic E-state index is 11.0. The van der Waals surface area contributed by atoms with Gasteiger partial charge >= 0.3 is 0 Å². The number of quaternary nitrogens is 1. The normalized spacial score (nSPS) is 10.9. The lowest BCUT2D eigenvalue weighted by atomic mass is 10.4. The summed E-state index contributed by atoms with van der Waals surface area (Å²) in [4.78, 5) is 11.0. The summed E-state index contributed by atoms with van der Waals surface area (Å²) in [6, 6.07) is 0. The predicted octanol–water partition coefficient (Wildman–Crippen LogP) is -1.31. The lowest BCUT2D eigenvalue weighted by Crippen LogP contribution is -3.00. The first-order chi connectivity index (χ1) is 5.95. The molecule has 0 aromatic carbocycles. The van der Waals surface area contributed by atoms with Crippen molar-refractivity contribution in [3.8, 4) is 0 Å². The summed E-state index contributed by atoms with van der Waals surface area (Å²) in [5.41, 5.74) is 0. The molecule has 5 heteroatoms. The van der Waals surface area contributed by atoms with Gasteiger partial charge in [-0.15, -0.1) is 0 Å². The number of hydrogen-bond acceptors (Lipinski definition) is 3. The highest BCUT2D eigenvalue weighted by molar-refractivity contribution is 8.09. The fourth-order valence-electron chi connectivity index (χ4n) is 0.664. The van der Waals surface area contributed by atoms with Crippen LogP contribution >= 0.6 is 12.0 Å². The number of rotatable bonds is 6. The van der Waals surface area contributed by atoms with Crippen LogP contribution in [0.25, 0.3) is 0 Å². The van der Waals surface area contributed by atoms with Crippen molar-refractivity contribution in [1.82, 2.24) is 0 Å². The van der Waals surface area contributed by atoms with Crippen molar-refractivity contribution in [3.05, 3.63) is 0 Å². The maximum Gasteiger partial charge on any atom is 0.215 e. The molecule has 0 aromatic rings. The van der Waals surface area contributed by atoms with Gasteiger partial charge in [-0.25, -0.2) is 0 Å². The second kappa shape index (κ2) is 8.71. The number of carbonyl (C=O) groups is 1. The zero-order valence-corrected chi connectivity index (χ0v) is 11.8. The van der Waals surface area contributed by atoms with E-state index in [1.807, 2.05) is 6.92 Å². The van der Waals surface area contributed by atoms with Crippen LogP contribution in [0, 0.1) is 0 Å². The Kier molecular flexibility index (Phi) is 10.5. The third-order valence-corrected chi connectivity index (χ3v) is 2.13. The smallest absolute Gasteiger partial charge is 0.215 e. The number of nitrogens with zero attached hydrogens (tertiary/aromatic N) is 1. The average molecular weight is 286 g/mol. The number of likely N-dealkylation sites (N-methyl/N-ethyl adjacent to an activating group) is 1. The Labute approximate surface area is 102 Å². The average Bonchev–Trinajstić information content (AvgIpc) is 1.97. The van der Waals surface area contributed by atoms with E-state index < -0.39 is 0 Å². The van der Waals surface area contributed by atoms with Gasteiger partial charge in [-0.05, 0) is 6.42 Å². The van der Waals surface area contributed by atoms with Gasteiger partial charge in [-0.1, -0.05) is 6.92 Å². The van der Waals surface area contributed by atoms with Crippen LogP contribution in [0.1, 0.15) is 19.8 Å². The molecule has 0 N–H and O–H groups in total. The summed E-state index contributed by atoms with van der Waals surface area (Å²) >= 11 is 0.993. The Bertz CT molecular complexity index is 159. The molecule has 0 rings (SSSR count). The quantitative estimate of drug-likeness (QED) is 0.344. The molecule has 0 aliphatic rings. The summed E-state index contributed by atoms with van der Waals surface area (Å²) in [5.74, 6) is 0. The first kappa shape index (κ1) is 16.8. The summed E-state index contributed by atoms with van der Waals surface area (Å²) in [6.07, 6.45) is 1.50. The Morgan fingerprint density at radius 3 is 2.36 bits per heavy atom. The van der Waals surface area contributed by atoms with Gasteiger partial charge in [0.25, 0.3) is 0 Å². The zero-order chi connectivity index (χ0) is 10.3. The molecule has 0 aromatic heterocycles. The van der Waals surface area contributed by atoms with Gasteiger partial charge in [-0.3, -0.25) is 4.79 Å². The van der Waals surface area contributed by atoms with E-state index in [4.69, 9.17) is 4.18 Å². The highest BCUT2D eigenvalue weighted by Crippen LogP contribution is 2.08. The van der Waals surface area contributed by atoms with Crippen molar-refractivity contribution < 1.29 is 30.4 Å². The van der Waals surface area contributed by atoms with Crippen molar-refractivity contribution in [2.24, 2.45) is 0 Å². The molecular weight excluding hydrogens is 266 g/mol. The Morgan fingerprint density at radius 1 is 1.36 bits per heavy atom. The van der Waals surface area contributed by atoms with Gasteiger partial charge < -0.3 is 25.6 Å². The molecule has 0 fully saturated rings. The van der Waals surface area contributed by atoms with Gasteiger partial charge in [0.1, 0.15) is 13.2 Å². The van der Waals surface area contributed by atoms with Crippen LogP contribution in [-0.2, 0) is 8.98 Å². The van der Waals surface area contributed by atoms with E-state index in [1.54, 1.807) is 0 Å². The van der Waals surface area contributed by atoms with Crippen molar-refractivity contribution in [3.63, 3.8) is 0 Å². The van der Waals surface area contributed by atoms with Crippen molar-refractivity contribution >= 4 is 17.2 Å². The van der Waals surface area contributed by atoms with Gasteiger partial charge in [-0.2, -0.15) is 0 Å². The highest BCUT2D eigenvalue weighted by Gasteiger charge is 2.07. The topological polar surface area (TPSA) is 26.3 Å². The second-order valence-electron chi connectivity index (χ2n) is 4.04. The molecule has 0 spiro atoms. The Morgan fingerprint density at radius 2 is 1.93 bits per heavy atom. The van der Waals surface area contributed by atoms with Crippen LogP contribution in [-0.4, -0.2) is 43.9 Å². The molecule has 0 atom stereocenters. The van der Waals surface area contributed by atoms with E-state index in [0.717, 1.165) is 29.5 Å². The molecule has 0 radical (unpaired) electrons. The lowest BCUT2D eigenvalue weighted by molar-refractivity contribution is -0.870. The monoisotopic (exact) mass is 285 g/mol. The van der Waals surface area contributed by atoms with Crippen LogP contribution in [0.5, 0.6) is 0 Å². The molecule has 0 amide bonds. The second-order valence-corrected chi connectivity index (χ2v) is 4.90. The van der Waals surface area contributed by atoms with Gasteiger partial charge in [0.05, 0.1) is 33.2 Å². The van der Waals surface area contributed by atoms with Crippen LogP contribution in [0.2, 0.25) is 0 Å². The molecule has 0 saturated carbocycles. The largest absolute Gasteiger partial charge is 1.00 e. The van der Waals surface area contributed by atoms with Crippen LogP contribution < -0.4 is 17.0 Å². The first-order valence-electron chi connectivity index (χ1n) is 4.58. The summed E-state index contributed by atoms with van der Waals surface area (Å²) in [6.45, 7) is 3.54. The van der Waals surface area contributed by atoms with Gasteiger partial charge in [0.15, 0.2) is 0 Å². The standard InChI is InChI=1S/C9H20NO2S.BrH/c1-5-6-9(11)13-12-8-7-10(2,3)4;/h5-8H2,1-4H3;1H/q+1;/p-1. The molecule has 86 valence electrons. The molecule has 0 bridgehead atoms. The van der Waals surface area contributed by atoms with E-state index in [2.05, 4.69) is 21.1 Å². The summed E-state index contributed by atoms with van der Waals surface area (Å²) in [7, 11) is 6.30. The van der Waals surface area contributed by atoms with Gasteiger partial charge in [0.2, 0.25) is 5.12 Å². The van der Waals surface area contributed by atoms with E-state index >= 15 is 0 Å². The number of hydrogen-bond donors (Lipinski definition) is 0. The zero-order valence-electron chi connectivity index (χ0n) is 9.38. The van der Waals surface area contributed by atoms with Crippen molar-refractivity contribution in [2.75, 3.05) is 34.3 Å². The van der Waals surface area contributed by atoms with E-state index in [9.17, 15) is 4.79 Å². The van der Waals surface area contributed by atoms with E-state index in [1.165, 1.54) is 0 Å². The summed E-state index contributed by atoms with van der Waals surface area (Å²) in [5, 5.41) is 0.129. The number of carbonyl (C=O) groups excluding carboxylic acids is 1. The van der Waals surface area contributed by atoms with Crippen LogP contribution in [0.15, 0.2) is 0 Å². The third kappa shape index (κ3) is 12.4. The summed E-state index contributed by atoms with van der Waals surface area (Å²) < 4.78 is 6.04. The molecule has 0 aliphatic heterocycles. The third-order valence-electron chi connectivity index (χ3n) is 1.45.